The molecule has 7 rings (SSSR count). The zero-order valence-corrected chi connectivity index (χ0v) is 20.1. The summed E-state index contributed by atoms with van der Waals surface area (Å²) < 4.78 is 4.97. The van der Waals surface area contributed by atoms with Crippen LogP contribution in [0.2, 0.25) is 0 Å². The molecule has 33 heavy (non-hydrogen) atoms. The first-order valence-electron chi connectivity index (χ1n) is 12.6. The highest BCUT2D eigenvalue weighted by atomic mass is 15.0. The summed E-state index contributed by atoms with van der Waals surface area (Å²) in [5, 5.41) is 7.13. The Balaban J connectivity index is 1.86. The highest BCUT2D eigenvalue weighted by Crippen LogP contribution is 2.47. The van der Waals surface area contributed by atoms with Crippen molar-refractivity contribution in [2.75, 3.05) is 0 Å². The second-order valence-electron chi connectivity index (χ2n) is 10.5. The fourth-order valence-corrected chi connectivity index (χ4v) is 6.96. The molecular formula is C31H31N2+. The van der Waals surface area contributed by atoms with Crippen LogP contribution in [0.4, 0.5) is 0 Å². The topological polar surface area (TPSA) is 8.29 Å². The van der Waals surface area contributed by atoms with Crippen LogP contribution in [0.25, 0.3) is 49.0 Å². The number of para-hydroxylation sites is 1. The van der Waals surface area contributed by atoms with E-state index in [1.165, 1.54) is 97.8 Å². The molecule has 164 valence electrons. The minimum Gasteiger partial charge on any atom is -0.307 e. The van der Waals surface area contributed by atoms with Crippen LogP contribution in [0.3, 0.4) is 0 Å². The molecule has 3 heterocycles. The van der Waals surface area contributed by atoms with Crippen LogP contribution < -0.4 is 4.57 Å². The molecule has 0 amide bonds. The van der Waals surface area contributed by atoms with Crippen LogP contribution in [0.15, 0.2) is 48.7 Å². The molecule has 0 spiro atoms. The second kappa shape index (κ2) is 6.70. The van der Waals surface area contributed by atoms with Gasteiger partial charge in [0.2, 0.25) is 5.52 Å². The van der Waals surface area contributed by atoms with Crippen LogP contribution in [-0.2, 0) is 7.05 Å². The first kappa shape index (κ1) is 19.3. The van der Waals surface area contributed by atoms with E-state index >= 15 is 0 Å². The van der Waals surface area contributed by atoms with Crippen molar-refractivity contribution in [2.24, 2.45) is 7.05 Å². The maximum atomic E-state index is 2.61. The van der Waals surface area contributed by atoms with Gasteiger partial charge in [-0.05, 0) is 79.3 Å². The predicted molar refractivity (Wildman–Crippen MR) is 140 cm³/mol. The number of aryl methyl sites for hydroxylation is 4. The number of pyridine rings is 2. The van der Waals surface area contributed by atoms with Gasteiger partial charge < -0.3 is 4.40 Å². The Morgan fingerprint density at radius 2 is 1.61 bits per heavy atom. The van der Waals surface area contributed by atoms with Crippen LogP contribution in [0.1, 0.15) is 60.3 Å². The largest absolute Gasteiger partial charge is 0.307 e. The minimum absolute atomic E-state index is 0.669. The zero-order chi connectivity index (χ0) is 22.4. The van der Waals surface area contributed by atoms with E-state index in [1.807, 2.05) is 0 Å². The molecule has 3 aromatic carbocycles. The molecule has 1 fully saturated rings. The first-order valence-corrected chi connectivity index (χ1v) is 12.6. The lowest BCUT2D eigenvalue weighted by Gasteiger charge is -2.24. The number of hydrogen-bond donors (Lipinski definition) is 0. The Hall–Kier alpha value is -3.13. The van der Waals surface area contributed by atoms with E-state index in [4.69, 9.17) is 0 Å². The summed E-state index contributed by atoms with van der Waals surface area (Å²) in [5.41, 5.74) is 11.2. The summed E-state index contributed by atoms with van der Waals surface area (Å²) >= 11 is 0. The molecule has 1 aliphatic carbocycles. The third-order valence-electron chi connectivity index (χ3n) is 8.58. The van der Waals surface area contributed by atoms with Crippen molar-refractivity contribution < 1.29 is 4.57 Å². The van der Waals surface area contributed by atoms with E-state index in [-0.39, 0.29) is 0 Å². The summed E-state index contributed by atoms with van der Waals surface area (Å²) in [6.07, 6.45) is 9.02. The van der Waals surface area contributed by atoms with E-state index in [2.05, 4.69) is 85.4 Å². The molecule has 0 atom stereocenters. The molecule has 0 radical (unpaired) electrons. The van der Waals surface area contributed by atoms with Crippen molar-refractivity contribution in [1.82, 2.24) is 4.40 Å². The number of benzene rings is 3. The fraction of sp³-hybridized carbons (Fsp3) is 0.323. The molecular weight excluding hydrogens is 400 g/mol. The number of aromatic nitrogens is 2. The normalized spacial score (nSPS) is 15.8. The average Bonchev–Trinajstić information content (AvgIpc) is 3.18. The third kappa shape index (κ3) is 2.42. The van der Waals surface area contributed by atoms with Crippen molar-refractivity contribution >= 4 is 49.0 Å². The molecule has 2 nitrogen and oxygen atoms in total. The van der Waals surface area contributed by atoms with Crippen molar-refractivity contribution in [3.8, 4) is 0 Å². The van der Waals surface area contributed by atoms with Gasteiger partial charge in [0.25, 0.3) is 0 Å². The summed E-state index contributed by atoms with van der Waals surface area (Å²) in [6, 6.07) is 16.4. The van der Waals surface area contributed by atoms with Crippen LogP contribution >= 0.6 is 0 Å². The van der Waals surface area contributed by atoms with Gasteiger partial charge in [-0.25, -0.2) is 4.57 Å². The molecule has 0 unspecified atom stereocenters. The predicted octanol–water partition coefficient (Wildman–Crippen LogP) is 7.79. The monoisotopic (exact) mass is 431 g/mol. The molecule has 0 bridgehead atoms. The maximum absolute atomic E-state index is 2.61. The average molecular weight is 432 g/mol. The van der Waals surface area contributed by atoms with Crippen LogP contribution in [-0.4, -0.2) is 4.40 Å². The molecule has 6 aromatic rings. The van der Waals surface area contributed by atoms with Crippen molar-refractivity contribution in [3.63, 3.8) is 0 Å². The molecule has 1 saturated carbocycles. The Kier molecular flexibility index (Phi) is 3.93. The highest BCUT2D eigenvalue weighted by molar-refractivity contribution is 6.28. The number of nitrogens with zero attached hydrogens (tertiary/aromatic N) is 2. The lowest BCUT2D eigenvalue weighted by atomic mass is 9.81. The highest BCUT2D eigenvalue weighted by Gasteiger charge is 2.29. The second-order valence-corrected chi connectivity index (χ2v) is 10.5. The summed E-state index contributed by atoms with van der Waals surface area (Å²) in [7, 11) is 2.22. The van der Waals surface area contributed by atoms with Gasteiger partial charge >= 0.3 is 0 Å². The Bertz CT molecular complexity index is 1730. The van der Waals surface area contributed by atoms with Gasteiger partial charge in [0.15, 0.2) is 6.20 Å². The maximum Gasteiger partial charge on any atom is 0.224 e. The Morgan fingerprint density at radius 1 is 0.818 bits per heavy atom. The SMILES string of the molecule is Cc1cc(C)c2c(c1C)c1c3c(cc[n+]1C)cc(C1CCCCC1)c1c4ccccc4n2c13. The minimum atomic E-state index is 0.669. The zero-order valence-electron chi connectivity index (χ0n) is 20.1. The van der Waals surface area contributed by atoms with Gasteiger partial charge in [0.1, 0.15) is 7.05 Å². The van der Waals surface area contributed by atoms with E-state index in [9.17, 15) is 0 Å². The molecule has 0 aliphatic heterocycles. The quantitative estimate of drug-likeness (QED) is 0.143. The van der Waals surface area contributed by atoms with Crippen LogP contribution in [0.5, 0.6) is 0 Å². The summed E-state index contributed by atoms with van der Waals surface area (Å²) in [4.78, 5) is 0. The van der Waals surface area contributed by atoms with Gasteiger partial charge in [-0.2, -0.15) is 0 Å². The van der Waals surface area contributed by atoms with Gasteiger partial charge in [-0.1, -0.05) is 43.5 Å². The fourth-order valence-electron chi connectivity index (χ4n) is 6.96. The van der Waals surface area contributed by atoms with Gasteiger partial charge in [0.05, 0.1) is 27.3 Å². The van der Waals surface area contributed by atoms with Gasteiger partial charge in [-0.15, -0.1) is 0 Å². The summed E-state index contributed by atoms with van der Waals surface area (Å²) in [5.74, 6) is 0.669. The molecule has 1 aliphatic rings. The van der Waals surface area contributed by atoms with E-state index in [1.54, 1.807) is 5.56 Å². The Morgan fingerprint density at radius 3 is 2.42 bits per heavy atom. The lowest BCUT2D eigenvalue weighted by molar-refractivity contribution is -0.643. The summed E-state index contributed by atoms with van der Waals surface area (Å²) in [6.45, 7) is 6.85. The molecule has 0 N–H and O–H groups in total. The van der Waals surface area contributed by atoms with Crippen molar-refractivity contribution in [3.05, 3.63) is 70.9 Å². The Labute approximate surface area is 194 Å². The third-order valence-corrected chi connectivity index (χ3v) is 8.58. The number of fused-ring (bicyclic) bond motifs is 6. The van der Waals surface area contributed by atoms with E-state index in [0.717, 1.165) is 0 Å². The first-order chi connectivity index (χ1) is 16.1. The number of hydrogen-bond acceptors (Lipinski definition) is 0. The van der Waals surface area contributed by atoms with Crippen LogP contribution in [0, 0.1) is 20.8 Å². The van der Waals surface area contributed by atoms with E-state index < -0.39 is 0 Å². The number of rotatable bonds is 1. The van der Waals surface area contributed by atoms with Gasteiger partial charge in [-0.3, -0.25) is 0 Å². The lowest BCUT2D eigenvalue weighted by Crippen LogP contribution is -2.29. The smallest absolute Gasteiger partial charge is 0.224 e. The van der Waals surface area contributed by atoms with Crippen molar-refractivity contribution in [2.45, 2.75) is 58.8 Å². The van der Waals surface area contributed by atoms with E-state index in [0.29, 0.717) is 5.92 Å². The van der Waals surface area contributed by atoms with Gasteiger partial charge in [0, 0.05) is 16.8 Å². The molecule has 2 heteroatoms. The molecule has 3 aromatic heterocycles. The molecule has 0 saturated heterocycles. The standard InChI is InChI=1S/C31H31N2/c1-18-16-19(2)29-26(20(18)3)30-27-22(14-15-32(30)4)17-24(21-10-6-5-7-11-21)28-23-12-8-9-13-25(23)33(29)31(27)28/h8-9,12-17,21H,5-7,10-11H2,1-4H3/q+1. The van der Waals surface area contributed by atoms with Crippen molar-refractivity contribution in [1.29, 1.82) is 0 Å².